The number of aromatic amines is 1. The molecule has 0 bridgehead atoms. The molecule has 1 aromatic heterocycles. The minimum absolute atomic E-state index is 0.0193. The van der Waals surface area contributed by atoms with Crippen LogP contribution in [0.1, 0.15) is 96.0 Å². The second-order valence-electron chi connectivity index (χ2n) is 15.8. The smallest absolute Gasteiger partial charge is 0.332 e. The summed E-state index contributed by atoms with van der Waals surface area (Å²) in [6, 6.07) is 18.3. The molecule has 6 nitrogen and oxygen atoms in total. The molecule has 1 aliphatic heterocycles. The maximum absolute atomic E-state index is 13.8. The van der Waals surface area contributed by atoms with Gasteiger partial charge in [-0.15, -0.1) is 0 Å². The summed E-state index contributed by atoms with van der Waals surface area (Å²) in [5.41, 5.74) is 7.86. The van der Waals surface area contributed by atoms with E-state index in [1.54, 1.807) is 0 Å². The van der Waals surface area contributed by atoms with E-state index in [4.69, 9.17) is 11.6 Å². The Morgan fingerprint density at radius 1 is 0.652 bits per heavy atom. The molecule has 0 spiro atoms. The number of H-pyrrole nitrogens is 1. The van der Waals surface area contributed by atoms with Crippen molar-refractivity contribution in [3.63, 3.8) is 0 Å². The van der Waals surface area contributed by atoms with Gasteiger partial charge in [-0.2, -0.15) is 0 Å². The van der Waals surface area contributed by atoms with E-state index in [2.05, 4.69) is 104 Å². The lowest BCUT2D eigenvalue weighted by Crippen LogP contribution is -2.58. The van der Waals surface area contributed by atoms with Gasteiger partial charge in [0.25, 0.3) is 0 Å². The van der Waals surface area contributed by atoms with E-state index in [1.807, 2.05) is 24.4 Å². The summed E-state index contributed by atoms with van der Waals surface area (Å²) in [5.74, 6) is -2.99. The number of fused-ring (bicyclic) bond motifs is 1. The Morgan fingerprint density at radius 2 is 1.20 bits per heavy atom. The second kappa shape index (κ2) is 11.4. The van der Waals surface area contributed by atoms with Gasteiger partial charge in [-0.1, -0.05) is 116 Å². The molecule has 1 fully saturated rings. The largest absolute Gasteiger partial charge is 0.361 e. The summed E-state index contributed by atoms with van der Waals surface area (Å²) in [4.78, 5) is 45.8. The predicted octanol–water partition coefficient (Wildman–Crippen LogP) is 9.18. The maximum atomic E-state index is 13.8. The van der Waals surface area contributed by atoms with Crippen LogP contribution in [0.25, 0.3) is 22.0 Å². The zero-order valence-electron chi connectivity index (χ0n) is 28.9. The monoisotopic (exact) mass is 639 g/mol. The molecule has 3 aromatic carbocycles. The number of barbiturate groups is 1. The molecule has 1 aliphatic rings. The van der Waals surface area contributed by atoms with Crippen LogP contribution in [0.4, 0.5) is 4.79 Å². The lowest BCUT2D eigenvalue weighted by Gasteiger charge is -2.37. The van der Waals surface area contributed by atoms with E-state index in [1.165, 1.54) is 25.2 Å². The van der Waals surface area contributed by atoms with Crippen LogP contribution in [0.3, 0.4) is 0 Å². The third kappa shape index (κ3) is 6.00. The summed E-state index contributed by atoms with van der Waals surface area (Å²) >= 11 is 6.91. The zero-order valence-corrected chi connectivity index (χ0v) is 29.7. The number of hydrogen-bond acceptors (Lipinski definition) is 3. The quantitative estimate of drug-likeness (QED) is 0.226. The standard InChI is InChI=1S/C39H46ClN3O3/c1-37(2,3)24-13-15-30(40)28(20-24)32(33-34(44)42(10)36(46)43(11)35(33)45)29-21-41-31-18-22(12-14-27(29)31)23-16-25(38(4,5)6)19-26(17-23)39(7,8)9/h12-21,32-33,41H,1-11H3. The molecule has 46 heavy (non-hydrogen) atoms. The first-order chi connectivity index (χ1) is 21.2. The topological polar surface area (TPSA) is 73.5 Å². The van der Waals surface area contributed by atoms with Crippen molar-refractivity contribution in [1.82, 2.24) is 14.8 Å². The third-order valence-electron chi connectivity index (χ3n) is 9.34. The number of rotatable bonds is 4. The third-order valence-corrected chi connectivity index (χ3v) is 9.69. The van der Waals surface area contributed by atoms with E-state index in [0.29, 0.717) is 10.6 Å². The van der Waals surface area contributed by atoms with Crippen molar-refractivity contribution in [2.24, 2.45) is 5.92 Å². The molecule has 0 radical (unpaired) electrons. The average Bonchev–Trinajstić information content (AvgIpc) is 3.39. The number of nitrogens with zero attached hydrogens (tertiary/aromatic N) is 2. The summed E-state index contributed by atoms with van der Waals surface area (Å²) in [6.45, 7) is 19.7. The van der Waals surface area contributed by atoms with Gasteiger partial charge in [0.05, 0.1) is 0 Å². The molecular weight excluding hydrogens is 594 g/mol. The van der Waals surface area contributed by atoms with E-state index in [-0.39, 0.29) is 16.2 Å². The van der Waals surface area contributed by atoms with Gasteiger partial charge >= 0.3 is 6.03 Å². The lowest BCUT2D eigenvalue weighted by atomic mass is 9.76. The van der Waals surface area contributed by atoms with Crippen molar-refractivity contribution in [2.45, 2.75) is 84.5 Å². The van der Waals surface area contributed by atoms with Crippen molar-refractivity contribution >= 4 is 40.3 Å². The van der Waals surface area contributed by atoms with Crippen LogP contribution >= 0.6 is 11.6 Å². The molecule has 1 unspecified atom stereocenters. The Hall–Kier alpha value is -3.90. The summed E-state index contributed by atoms with van der Waals surface area (Å²) in [6.07, 6.45) is 1.88. The van der Waals surface area contributed by atoms with Gasteiger partial charge in [-0.3, -0.25) is 19.4 Å². The average molecular weight is 640 g/mol. The molecule has 4 aromatic rings. The van der Waals surface area contributed by atoms with Gasteiger partial charge in [0.2, 0.25) is 11.8 Å². The number of carbonyl (C=O) groups is 3. The molecule has 1 atom stereocenters. The number of nitrogens with one attached hydrogen (secondary N) is 1. The molecule has 5 rings (SSSR count). The highest BCUT2D eigenvalue weighted by molar-refractivity contribution is 6.31. The summed E-state index contributed by atoms with van der Waals surface area (Å²) < 4.78 is 0. The number of aromatic nitrogens is 1. The number of hydrogen-bond donors (Lipinski definition) is 1. The number of halogens is 1. The number of carbonyl (C=O) groups excluding carboxylic acids is 3. The molecule has 0 saturated carbocycles. The van der Waals surface area contributed by atoms with E-state index in [0.717, 1.165) is 43.0 Å². The molecule has 1 saturated heterocycles. The zero-order chi connectivity index (χ0) is 34.1. The molecule has 7 heteroatoms. The Labute approximate surface area is 278 Å². The fourth-order valence-electron chi connectivity index (χ4n) is 6.24. The van der Waals surface area contributed by atoms with E-state index < -0.39 is 29.7 Å². The maximum Gasteiger partial charge on any atom is 0.332 e. The Balaban J connectivity index is 1.72. The first-order valence-electron chi connectivity index (χ1n) is 15.9. The normalized spacial score (nSPS) is 16.1. The lowest BCUT2D eigenvalue weighted by molar-refractivity contribution is -0.148. The summed E-state index contributed by atoms with van der Waals surface area (Å²) in [7, 11) is 2.84. The highest BCUT2D eigenvalue weighted by Crippen LogP contribution is 2.44. The fourth-order valence-corrected chi connectivity index (χ4v) is 6.48. The highest BCUT2D eigenvalue weighted by Gasteiger charge is 2.48. The van der Waals surface area contributed by atoms with Crippen LogP contribution < -0.4 is 0 Å². The molecule has 0 aliphatic carbocycles. The van der Waals surface area contributed by atoms with Crippen molar-refractivity contribution < 1.29 is 14.4 Å². The molecule has 2 heterocycles. The minimum Gasteiger partial charge on any atom is -0.361 e. The van der Waals surface area contributed by atoms with Gasteiger partial charge in [-0.05, 0) is 67.3 Å². The van der Waals surface area contributed by atoms with Gasteiger partial charge in [0.15, 0.2) is 0 Å². The number of amides is 4. The van der Waals surface area contributed by atoms with Gasteiger partial charge in [0.1, 0.15) is 5.92 Å². The van der Waals surface area contributed by atoms with Gasteiger partial charge in [0, 0.05) is 42.1 Å². The molecule has 1 N–H and O–H groups in total. The van der Waals surface area contributed by atoms with Crippen molar-refractivity contribution in [1.29, 1.82) is 0 Å². The van der Waals surface area contributed by atoms with E-state index >= 15 is 0 Å². The van der Waals surface area contributed by atoms with Crippen molar-refractivity contribution in [3.8, 4) is 11.1 Å². The predicted molar refractivity (Wildman–Crippen MR) is 188 cm³/mol. The van der Waals surface area contributed by atoms with Crippen LogP contribution in [0.2, 0.25) is 5.02 Å². The van der Waals surface area contributed by atoms with Crippen LogP contribution in [-0.2, 0) is 25.8 Å². The van der Waals surface area contributed by atoms with Crippen molar-refractivity contribution in [2.75, 3.05) is 14.1 Å². The van der Waals surface area contributed by atoms with Crippen LogP contribution in [0.15, 0.2) is 60.8 Å². The molecule has 4 amide bonds. The van der Waals surface area contributed by atoms with Crippen LogP contribution in [0, 0.1) is 5.92 Å². The molecule has 242 valence electrons. The SMILES string of the molecule is CN1C(=O)C(C(c2cc(C(C)(C)C)ccc2Cl)c2c[nH]c3cc(-c4cc(C(C)(C)C)cc(C(C)(C)C)c4)ccc23)C(=O)N(C)C1=O. The Kier molecular flexibility index (Phi) is 8.30. The minimum atomic E-state index is -1.17. The highest BCUT2D eigenvalue weighted by atomic mass is 35.5. The first-order valence-corrected chi connectivity index (χ1v) is 16.2. The first kappa shape index (κ1) is 33.5. The Morgan fingerprint density at radius 3 is 1.72 bits per heavy atom. The molecular formula is C39H46ClN3O3. The fraction of sp³-hybridized carbons (Fsp3) is 0.410. The van der Waals surface area contributed by atoms with Crippen molar-refractivity contribution in [3.05, 3.63) is 93.6 Å². The second-order valence-corrected chi connectivity index (χ2v) is 16.2. The summed E-state index contributed by atoms with van der Waals surface area (Å²) in [5, 5.41) is 1.34. The number of benzene rings is 3. The number of urea groups is 1. The number of imide groups is 2. The Bertz CT molecular complexity index is 1810. The van der Waals surface area contributed by atoms with Gasteiger partial charge in [-0.25, -0.2) is 4.79 Å². The van der Waals surface area contributed by atoms with Gasteiger partial charge < -0.3 is 4.98 Å². The van der Waals surface area contributed by atoms with E-state index in [9.17, 15) is 14.4 Å². The van der Waals surface area contributed by atoms with Crippen LogP contribution in [0.5, 0.6) is 0 Å². The van der Waals surface area contributed by atoms with Crippen LogP contribution in [-0.4, -0.2) is 46.7 Å².